The SMILES string of the molecule is CC[NH+]1CCC2(CC1)Oc1ccccc1[C@@H]1C=C(c3ccc(OC)cc3OC)NN12. The molecular weight excluding hydrogens is 378 g/mol. The second kappa shape index (κ2) is 7.52. The number of likely N-dealkylation sites (tertiary alicyclic amines) is 1. The highest BCUT2D eigenvalue weighted by molar-refractivity contribution is 5.72. The van der Waals surface area contributed by atoms with Crippen molar-refractivity contribution in [1.82, 2.24) is 10.4 Å². The van der Waals surface area contributed by atoms with Crippen molar-refractivity contribution in [3.05, 3.63) is 59.7 Å². The van der Waals surface area contributed by atoms with Gasteiger partial charge in [-0.15, -0.1) is 0 Å². The topological polar surface area (TPSA) is 47.4 Å². The van der Waals surface area contributed by atoms with Crippen LogP contribution in [0.1, 0.15) is 36.9 Å². The summed E-state index contributed by atoms with van der Waals surface area (Å²) < 4.78 is 17.8. The molecule has 1 atom stereocenters. The Labute approximate surface area is 178 Å². The van der Waals surface area contributed by atoms with E-state index in [1.165, 1.54) is 5.56 Å². The van der Waals surface area contributed by atoms with Gasteiger partial charge < -0.3 is 24.5 Å². The molecule has 2 aromatic carbocycles. The third-order valence-electron chi connectivity index (χ3n) is 6.76. The van der Waals surface area contributed by atoms with Gasteiger partial charge in [0.25, 0.3) is 0 Å². The number of hydrogen-bond acceptors (Lipinski definition) is 5. The van der Waals surface area contributed by atoms with Gasteiger partial charge in [-0.1, -0.05) is 18.2 Å². The Kier molecular flexibility index (Phi) is 4.83. The molecule has 1 fully saturated rings. The maximum Gasteiger partial charge on any atom is 0.191 e. The van der Waals surface area contributed by atoms with Gasteiger partial charge in [0.2, 0.25) is 0 Å². The number of nitrogens with one attached hydrogen (secondary N) is 2. The lowest BCUT2D eigenvalue weighted by Crippen LogP contribution is -3.13. The van der Waals surface area contributed by atoms with Crippen LogP contribution < -0.4 is 24.5 Å². The number of quaternary nitrogens is 1. The molecule has 0 bridgehead atoms. The number of hydrazine groups is 1. The van der Waals surface area contributed by atoms with Crippen LogP contribution in [-0.2, 0) is 0 Å². The molecule has 2 N–H and O–H groups in total. The molecule has 6 nitrogen and oxygen atoms in total. The fraction of sp³-hybridized carbons (Fsp3) is 0.417. The molecule has 0 radical (unpaired) electrons. The van der Waals surface area contributed by atoms with Crippen molar-refractivity contribution >= 4 is 5.70 Å². The molecule has 158 valence electrons. The molecule has 5 rings (SSSR count). The van der Waals surface area contributed by atoms with Crippen molar-refractivity contribution in [1.29, 1.82) is 0 Å². The molecule has 2 aromatic rings. The highest BCUT2D eigenvalue weighted by Gasteiger charge is 2.52. The highest BCUT2D eigenvalue weighted by atomic mass is 16.5. The average Bonchev–Trinajstić information content (AvgIpc) is 3.26. The Hall–Kier alpha value is -2.70. The molecule has 3 aliphatic heterocycles. The van der Waals surface area contributed by atoms with E-state index in [1.807, 2.05) is 12.1 Å². The van der Waals surface area contributed by atoms with Crippen LogP contribution in [-0.4, -0.2) is 44.6 Å². The zero-order chi connectivity index (χ0) is 20.7. The van der Waals surface area contributed by atoms with E-state index in [2.05, 4.69) is 53.8 Å². The predicted octanol–water partition coefficient (Wildman–Crippen LogP) is 2.39. The quantitative estimate of drug-likeness (QED) is 0.814. The first-order valence-corrected chi connectivity index (χ1v) is 10.8. The van der Waals surface area contributed by atoms with Gasteiger partial charge in [-0.2, -0.15) is 5.01 Å². The third kappa shape index (κ3) is 3.02. The normalized spacial score (nSPS) is 27.5. The lowest BCUT2D eigenvalue weighted by molar-refractivity contribution is -0.906. The Balaban J connectivity index is 1.54. The van der Waals surface area contributed by atoms with Gasteiger partial charge in [0, 0.05) is 17.2 Å². The fourth-order valence-electron chi connectivity index (χ4n) is 4.99. The Bertz CT molecular complexity index is 966. The number of fused-ring (bicyclic) bond motifs is 4. The maximum absolute atomic E-state index is 6.71. The Morgan fingerprint density at radius 1 is 1.13 bits per heavy atom. The molecule has 0 aliphatic carbocycles. The molecule has 1 spiro atoms. The predicted molar refractivity (Wildman–Crippen MR) is 116 cm³/mol. The van der Waals surface area contributed by atoms with E-state index in [9.17, 15) is 0 Å². The number of benzene rings is 2. The second-order valence-corrected chi connectivity index (χ2v) is 8.26. The van der Waals surface area contributed by atoms with Crippen LogP contribution >= 0.6 is 0 Å². The highest BCUT2D eigenvalue weighted by Crippen LogP contribution is 2.48. The van der Waals surface area contributed by atoms with Crippen LogP contribution in [0, 0.1) is 0 Å². The van der Waals surface area contributed by atoms with E-state index in [4.69, 9.17) is 14.2 Å². The minimum absolute atomic E-state index is 0.125. The first-order chi connectivity index (χ1) is 14.7. The van der Waals surface area contributed by atoms with E-state index in [-0.39, 0.29) is 11.8 Å². The van der Waals surface area contributed by atoms with Gasteiger partial charge in [-0.25, -0.2) is 0 Å². The first-order valence-electron chi connectivity index (χ1n) is 10.8. The summed E-state index contributed by atoms with van der Waals surface area (Å²) in [5, 5.41) is 2.33. The third-order valence-corrected chi connectivity index (χ3v) is 6.76. The summed E-state index contributed by atoms with van der Waals surface area (Å²) in [7, 11) is 3.37. The largest absolute Gasteiger partial charge is 0.497 e. The number of piperidine rings is 1. The molecule has 0 amide bonds. The van der Waals surface area contributed by atoms with Gasteiger partial charge in [-0.3, -0.25) is 0 Å². The van der Waals surface area contributed by atoms with Crippen molar-refractivity contribution in [2.45, 2.75) is 31.5 Å². The maximum atomic E-state index is 6.71. The molecule has 0 unspecified atom stereocenters. The molecule has 0 saturated carbocycles. The molecule has 3 heterocycles. The van der Waals surface area contributed by atoms with Gasteiger partial charge in [0.1, 0.15) is 17.2 Å². The van der Waals surface area contributed by atoms with Crippen LogP contribution in [0.3, 0.4) is 0 Å². The van der Waals surface area contributed by atoms with Gasteiger partial charge >= 0.3 is 0 Å². The average molecular weight is 409 g/mol. The number of rotatable bonds is 4. The van der Waals surface area contributed by atoms with Crippen LogP contribution in [0.5, 0.6) is 17.2 Å². The summed E-state index contributed by atoms with van der Waals surface area (Å²) in [6.07, 6.45) is 4.29. The summed E-state index contributed by atoms with van der Waals surface area (Å²) in [4.78, 5) is 1.64. The van der Waals surface area contributed by atoms with E-state index in [1.54, 1.807) is 19.1 Å². The zero-order valence-electron chi connectivity index (χ0n) is 17.9. The summed E-state index contributed by atoms with van der Waals surface area (Å²) in [6.45, 7) is 5.66. The van der Waals surface area contributed by atoms with E-state index in [0.29, 0.717) is 0 Å². The molecule has 30 heavy (non-hydrogen) atoms. The van der Waals surface area contributed by atoms with Gasteiger partial charge in [0.15, 0.2) is 5.72 Å². The van der Waals surface area contributed by atoms with Crippen LogP contribution in [0.2, 0.25) is 0 Å². The van der Waals surface area contributed by atoms with Crippen molar-refractivity contribution in [3.8, 4) is 17.2 Å². The van der Waals surface area contributed by atoms with Crippen molar-refractivity contribution in [3.63, 3.8) is 0 Å². The summed E-state index contributed by atoms with van der Waals surface area (Å²) in [6, 6.07) is 14.5. The number of ether oxygens (including phenoxy) is 3. The lowest BCUT2D eigenvalue weighted by atomic mass is 9.93. The first kappa shape index (κ1) is 19.3. The zero-order valence-corrected chi connectivity index (χ0v) is 17.9. The fourth-order valence-corrected chi connectivity index (χ4v) is 4.99. The van der Waals surface area contributed by atoms with E-state index >= 15 is 0 Å². The summed E-state index contributed by atoms with van der Waals surface area (Å²) in [5.41, 5.74) is 6.63. The van der Waals surface area contributed by atoms with Crippen molar-refractivity contribution in [2.75, 3.05) is 33.9 Å². The van der Waals surface area contributed by atoms with Crippen LogP contribution in [0.25, 0.3) is 5.70 Å². The van der Waals surface area contributed by atoms with Crippen molar-refractivity contribution in [2.24, 2.45) is 0 Å². The second-order valence-electron chi connectivity index (χ2n) is 8.26. The van der Waals surface area contributed by atoms with Crippen LogP contribution in [0.15, 0.2) is 48.5 Å². The van der Waals surface area contributed by atoms with E-state index in [0.717, 1.165) is 61.0 Å². The molecular formula is C24H30N3O3+. The number of methoxy groups -OCH3 is 2. The van der Waals surface area contributed by atoms with E-state index < -0.39 is 0 Å². The summed E-state index contributed by atoms with van der Waals surface area (Å²) in [5.74, 6) is 2.58. The van der Waals surface area contributed by atoms with Gasteiger partial charge in [-0.05, 0) is 31.2 Å². The molecule has 3 aliphatic rings. The van der Waals surface area contributed by atoms with Crippen LogP contribution in [0.4, 0.5) is 0 Å². The lowest BCUT2D eigenvalue weighted by Gasteiger charge is -2.50. The monoisotopic (exact) mass is 408 g/mol. The van der Waals surface area contributed by atoms with Gasteiger partial charge in [0.05, 0.1) is 58.4 Å². The molecule has 1 saturated heterocycles. The Morgan fingerprint density at radius 3 is 2.67 bits per heavy atom. The van der Waals surface area contributed by atoms with Crippen molar-refractivity contribution < 1.29 is 19.1 Å². The minimum atomic E-state index is -0.338. The molecule has 6 heteroatoms. The summed E-state index contributed by atoms with van der Waals surface area (Å²) >= 11 is 0. The molecule has 0 aromatic heterocycles. The number of nitrogens with zero attached hydrogens (tertiary/aromatic N) is 1. The number of hydrogen-bond donors (Lipinski definition) is 2. The number of para-hydroxylation sites is 1. The standard InChI is InChI=1S/C24H29N3O3/c1-4-26-13-11-24(12-14-26)27-21(19-7-5-6-8-22(19)30-24)16-20(25-27)18-10-9-17(28-2)15-23(18)29-3/h5-10,15-16,21,25H,4,11-14H2,1-3H3/p+1/t21-/m0/s1. The smallest absolute Gasteiger partial charge is 0.191 e. The minimum Gasteiger partial charge on any atom is -0.497 e. The Morgan fingerprint density at radius 2 is 1.93 bits per heavy atom.